The van der Waals surface area contributed by atoms with Gasteiger partial charge in [0.25, 0.3) is 0 Å². The van der Waals surface area contributed by atoms with Gasteiger partial charge in [-0.15, -0.1) is 0 Å². The van der Waals surface area contributed by atoms with Gasteiger partial charge in [0.05, 0.1) is 18.8 Å². The smallest absolute Gasteiger partial charge is 0.236 e. The molecule has 0 saturated carbocycles. The second-order valence-electron chi connectivity index (χ2n) is 10.3. The number of carbonyl (C=O) groups is 1. The van der Waals surface area contributed by atoms with Crippen LogP contribution in [-0.2, 0) is 4.79 Å². The normalized spacial score (nSPS) is 15.0. The van der Waals surface area contributed by atoms with Crippen molar-refractivity contribution in [2.24, 2.45) is 0 Å². The van der Waals surface area contributed by atoms with E-state index in [1.165, 1.54) is 33.3 Å². The average Bonchev–Trinajstić information content (AvgIpc) is 3.22. The molecule has 2 aromatic heterocycles. The van der Waals surface area contributed by atoms with Crippen LogP contribution in [0.2, 0.25) is 0 Å². The van der Waals surface area contributed by atoms with Crippen LogP contribution >= 0.6 is 0 Å². The van der Waals surface area contributed by atoms with Crippen molar-refractivity contribution in [2.45, 2.75) is 59.3 Å². The molecule has 4 rings (SSSR count). The van der Waals surface area contributed by atoms with E-state index >= 15 is 0 Å². The highest BCUT2D eigenvalue weighted by Gasteiger charge is 2.26. The highest BCUT2D eigenvalue weighted by Crippen LogP contribution is 2.38. The molecule has 1 saturated heterocycles. The Morgan fingerprint density at radius 1 is 1.17 bits per heavy atom. The molecular weight excluding hydrogens is 436 g/mol. The van der Waals surface area contributed by atoms with E-state index in [2.05, 4.69) is 68.0 Å². The molecule has 3 heterocycles. The topological polar surface area (TPSA) is 72.5 Å². The summed E-state index contributed by atoms with van der Waals surface area (Å²) in [6, 6.07) is 11.2. The van der Waals surface area contributed by atoms with Crippen LogP contribution in [0.4, 0.5) is 0 Å². The SMILES string of the molecule is CCN(CCO)CC(=O)N1CCC(c2ccc3[nH]c(-c4cc(C)nc(C)c4)c(C(C)C)c3c2)CC1. The number of likely N-dealkylation sites (tertiary alicyclic amines) is 1. The molecule has 1 aromatic carbocycles. The van der Waals surface area contributed by atoms with E-state index in [0.717, 1.165) is 43.9 Å². The molecule has 1 amide bonds. The highest BCUT2D eigenvalue weighted by molar-refractivity contribution is 5.92. The Bertz CT molecular complexity index is 1150. The van der Waals surface area contributed by atoms with Crippen molar-refractivity contribution in [2.75, 3.05) is 39.3 Å². The molecule has 35 heavy (non-hydrogen) atoms. The summed E-state index contributed by atoms with van der Waals surface area (Å²) in [5.41, 5.74) is 8.38. The third-order valence-electron chi connectivity index (χ3n) is 7.35. The number of hydrogen-bond acceptors (Lipinski definition) is 4. The number of fused-ring (bicyclic) bond motifs is 1. The molecule has 0 atom stereocenters. The molecule has 0 unspecified atom stereocenters. The molecular formula is C29H40N4O2. The van der Waals surface area contributed by atoms with E-state index in [0.29, 0.717) is 24.9 Å². The van der Waals surface area contributed by atoms with E-state index < -0.39 is 0 Å². The monoisotopic (exact) mass is 476 g/mol. The molecule has 1 aliphatic rings. The average molecular weight is 477 g/mol. The fourth-order valence-electron chi connectivity index (χ4n) is 5.53. The molecule has 3 aromatic rings. The van der Waals surface area contributed by atoms with Gasteiger partial charge in [-0.25, -0.2) is 0 Å². The number of aromatic amines is 1. The Kier molecular flexibility index (Phi) is 7.92. The van der Waals surface area contributed by atoms with Crippen molar-refractivity contribution < 1.29 is 9.90 Å². The van der Waals surface area contributed by atoms with Crippen LogP contribution in [-0.4, -0.2) is 70.1 Å². The zero-order chi connectivity index (χ0) is 25.1. The molecule has 6 nitrogen and oxygen atoms in total. The first kappa shape index (κ1) is 25.4. The maximum absolute atomic E-state index is 12.8. The zero-order valence-corrected chi connectivity index (χ0v) is 21.9. The number of piperidine rings is 1. The number of hydrogen-bond donors (Lipinski definition) is 2. The van der Waals surface area contributed by atoms with Gasteiger partial charge in [-0.1, -0.05) is 26.8 Å². The lowest BCUT2D eigenvalue weighted by Crippen LogP contribution is -2.44. The van der Waals surface area contributed by atoms with Crippen molar-refractivity contribution >= 4 is 16.8 Å². The van der Waals surface area contributed by atoms with Crippen LogP contribution in [0.5, 0.6) is 0 Å². The number of pyridine rings is 1. The first-order valence-electron chi connectivity index (χ1n) is 13.0. The lowest BCUT2D eigenvalue weighted by atomic mass is 9.87. The molecule has 188 valence electrons. The van der Waals surface area contributed by atoms with E-state index in [9.17, 15) is 9.90 Å². The van der Waals surface area contributed by atoms with E-state index in [1.807, 2.05) is 16.7 Å². The summed E-state index contributed by atoms with van der Waals surface area (Å²) in [6.45, 7) is 14.1. The molecule has 0 bridgehead atoms. The van der Waals surface area contributed by atoms with Crippen LogP contribution in [0.25, 0.3) is 22.2 Å². The number of carbonyl (C=O) groups excluding carboxylic acids is 1. The molecule has 0 aliphatic carbocycles. The number of nitrogens with zero attached hydrogens (tertiary/aromatic N) is 3. The lowest BCUT2D eigenvalue weighted by molar-refractivity contribution is -0.133. The van der Waals surface area contributed by atoms with Gasteiger partial charge >= 0.3 is 0 Å². The first-order valence-corrected chi connectivity index (χ1v) is 13.0. The third-order valence-corrected chi connectivity index (χ3v) is 7.35. The highest BCUT2D eigenvalue weighted by atomic mass is 16.3. The van der Waals surface area contributed by atoms with Gasteiger partial charge in [0.2, 0.25) is 5.91 Å². The second-order valence-corrected chi connectivity index (χ2v) is 10.3. The summed E-state index contributed by atoms with van der Waals surface area (Å²) in [5, 5.41) is 10.5. The zero-order valence-electron chi connectivity index (χ0n) is 21.9. The van der Waals surface area contributed by atoms with E-state index in [4.69, 9.17) is 0 Å². The van der Waals surface area contributed by atoms with Crippen LogP contribution in [0, 0.1) is 13.8 Å². The minimum absolute atomic E-state index is 0.0886. The van der Waals surface area contributed by atoms with Crippen molar-refractivity contribution in [3.05, 3.63) is 52.8 Å². The largest absolute Gasteiger partial charge is 0.395 e. The van der Waals surface area contributed by atoms with Gasteiger partial charge in [0, 0.05) is 47.5 Å². The minimum atomic E-state index is 0.0886. The third kappa shape index (κ3) is 5.60. The molecule has 1 fully saturated rings. The summed E-state index contributed by atoms with van der Waals surface area (Å²) in [6.07, 6.45) is 1.97. The standard InChI is InChI=1S/C29H40N4O2/c1-6-32(13-14-34)18-27(35)33-11-9-22(10-12-33)23-7-8-26-25(17-23)28(19(2)3)29(31-26)24-15-20(4)30-21(5)16-24/h7-8,15-17,19,22,31,34H,6,9-14,18H2,1-5H3. The van der Waals surface area contributed by atoms with Gasteiger partial charge in [-0.3, -0.25) is 14.7 Å². The quantitative estimate of drug-likeness (QED) is 0.480. The van der Waals surface area contributed by atoms with Crippen molar-refractivity contribution in [1.82, 2.24) is 19.8 Å². The second kappa shape index (κ2) is 10.9. The number of rotatable bonds is 8. The number of aromatic nitrogens is 2. The van der Waals surface area contributed by atoms with Crippen LogP contribution in [0.1, 0.15) is 68.0 Å². The fourth-order valence-corrected chi connectivity index (χ4v) is 5.53. The molecule has 2 N–H and O–H groups in total. The number of H-pyrrole nitrogens is 1. The predicted octanol–water partition coefficient (Wildman–Crippen LogP) is 4.99. The van der Waals surface area contributed by atoms with Crippen molar-refractivity contribution in [3.63, 3.8) is 0 Å². The molecule has 0 spiro atoms. The van der Waals surface area contributed by atoms with Gasteiger partial charge in [0.15, 0.2) is 0 Å². The Morgan fingerprint density at radius 2 is 1.86 bits per heavy atom. The maximum Gasteiger partial charge on any atom is 0.236 e. The Labute approximate surface area is 209 Å². The summed E-state index contributed by atoms with van der Waals surface area (Å²) in [4.78, 5) is 25.0. The van der Waals surface area contributed by atoms with Crippen LogP contribution in [0.3, 0.4) is 0 Å². The fraction of sp³-hybridized carbons (Fsp3) is 0.517. The number of nitrogens with one attached hydrogen (secondary N) is 1. The Balaban J connectivity index is 1.54. The maximum atomic E-state index is 12.8. The van der Waals surface area contributed by atoms with Crippen molar-refractivity contribution in [1.29, 1.82) is 0 Å². The van der Waals surface area contributed by atoms with E-state index in [-0.39, 0.29) is 12.5 Å². The Hall–Kier alpha value is -2.70. The number of aliphatic hydroxyl groups is 1. The predicted molar refractivity (Wildman–Crippen MR) is 143 cm³/mol. The van der Waals surface area contributed by atoms with Gasteiger partial charge in [-0.2, -0.15) is 0 Å². The summed E-state index contributed by atoms with van der Waals surface area (Å²) < 4.78 is 0. The minimum Gasteiger partial charge on any atom is -0.395 e. The van der Waals surface area contributed by atoms with Crippen molar-refractivity contribution in [3.8, 4) is 11.3 Å². The van der Waals surface area contributed by atoms with E-state index in [1.54, 1.807) is 0 Å². The van der Waals surface area contributed by atoms with Gasteiger partial charge in [-0.05, 0) is 80.5 Å². The summed E-state index contributed by atoms with van der Waals surface area (Å²) in [5.74, 6) is 1.03. The molecule has 0 radical (unpaired) electrons. The van der Waals surface area contributed by atoms with Gasteiger partial charge < -0.3 is 15.0 Å². The Morgan fingerprint density at radius 3 is 2.46 bits per heavy atom. The number of benzene rings is 1. The molecule has 6 heteroatoms. The first-order chi connectivity index (χ1) is 16.8. The number of aryl methyl sites for hydroxylation is 2. The number of likely N-dealkylation sites (N-methyl/N-ethyl adjacent to an activating group) is 1. The summed E-state index contributed by atoms with van der Waals surface area (Å²) >= 11 is 0. The van der Waals surface area contributed by atoms with Crippen LogP contribution < -0.4 is 0 Å². The van der Waals surface area contributed by atoms with Gasteiger partial charge in [0.1, 0.15) is 0 Å². The summed E-state index contributed by atoms with van der Waals surface area (Å²) in [7, 11) is 0. The lowest BCUT2D eigenvalue weighted by Gasteiger charge is -2.33. The number of aliphatic hydroxyl groups excluding tert-OH is 1. The van der Waals surface area contributed by atoms with Crippen LogP contribution in [0.15, 0.2) is 30.3 Å². The number of amides is 1. The molecule has 1 aliphatic heterocycles.